The molecule has 2 unspecified atom stereocenters. The minimum absolute atomic E-state index is 0.0341. The van der Waals surface area contributed by atoms with Crippen LogP contribution in [0.1, 0.15) is 19.1 Å². The number of nitrogens with two attached hydrogens (primary N) is 1. The second-order valence-corrected chi connectivity index (χ2v) is 5.29. The van der Waals surface area contributed by atoms with Crippen LogP contribution < -0.4 is 5.73 Å². The van der Waals surface area contributed by atoms with Crippen molar-refractivity contribution in [1.82, 2.24) is 19.5 Å². The number of aromatic nitrogens is 4. The third-order valence-corrected chi connectivity index (χ3v) is 4.12. The van der Waals surface area contributed by atoms with Crippen molar-refractivity contribution in [3.63, 3.8) is 0 Å². The number of hydrogen-bond acceptors (Lipinski definition) is 6. The first-order valence-electron chi connectivity index (χ1n) is 6.33. The summed E-state index contributed by atoms with van der Waals surface area (Å²) in [5, 5.41) is 0. The van der Waals surface area contributed by atoms with Crippen molar-refractivity contribution in [2.75, 3.05) is 19.5 Å². The maximum atomic E-state index is 6.15. The average Bonchev–Trinajstić information content (AvgIpc) is 2.76. The minimum atomic E-state index is -0.0887. The number of ether oxygens (including phenoxy) is 2. The van der Waals surface area contributed by atoms with E-state index in [0.29, 0.717) is 23.9 Å². The minimum Gasteiger partial charge on any atom is -0.382 e. The Morgan fingerprint density at radius 1 is 1.53 bits per heavy atom. The van der Waals surface area contributed by atoms with Gasteiger partial charge in [-0.25, -0.2) is 15.0 Å². The standard InChI is InChI=1S/C12H15N5O2/c1-18-4-12-3-7(12)2-8(19-12)17-6-16-9-10(13)14-5-15-11(9)17/h5-8H,2-4H2,1H3,(H2,13,14,15)/t7?,8-,12?/m1/s1. The van der Waals surface area contributed by atoms with Crippen molar-refractivity contribution in [1.29, 1.82) is 0 Å². The van der Waals surface area contributed by atoms with Gasteiger partial charge in [0.15, 0.2) is 11.5 Å². The van der Waals surface area contributed by atoms with E-state index in [1.807, 2.05) is 4.57 Å². The molecule has 0 spiro atoms. The van der Waals surface area contributed by atoms with Gasteiger partial charge in [-0.3, -0.25) is 4.57 Å². The second kappa shape index (κ2) is 3.64. The van der Waals surface area contributed by atoms with Crippen LogP contribution in [0.25, 0.3) is 11.2 Å². The zero-order valence-electron chi connectivity index (χ0n) is 10.6. The maximum Gasteiger partial charge on any atom is 0.167 e. The summed E-state index contributed by atoms with van der Waals surface area (Å²) in [5.41, 5.74) is 7.06. The Labute approximate surface area is 109 Å². The van der Waals surface area contributed by atoms with Gasteiger partial charge in [-0.1, -0.05) is 0 Å². The van der Waals surface area contributed by atoms with Gasteiger partial charge in [0.2, 0.25) is 0 Å². The lowest BCUT2D eigenvalue weighted by molar-refractivity contribution is -0.0663. The summed E-state index contributed by atoms with van der Waals surface area (Å²) in [5.74, 6) is 0.979. The smallest absolute Gasteiger partial charge is 0.167 e. The fourth-order valence-corrected chi connectivity index (χ4v) is 3.07. The first-order chi connectivity index (χ1) is 9.23. The van der Waals surface area contributed by atoms with Gasteiger partial charge in [0.1, 0.15) is 18.1 Å². The molecule has 3 atom stereocenters. The summed E-state index contributed by atoms with van der Waals surface area (Å²) in [7, 11) is 1.71. The SMILES string of the molecule is COCC12CC1C[C@H](n1cnc3c(N)ncnc31)O2. The molecular formula is C12H15N5O2. The molecule has 1 aliphatic heterocycles. The zero-order valence-corrected chi connectivity index (χ0v) is 10.6. The van der Waals surface area contributed by atoms with E-state index in [0.717, 1.165) is 18.5 Å². The fourth-order valence-electron chi connectivity index (χ4n) is 3.07. The van der Waals surface area contributed by atoms with E-state index >= 15 is 0 Å². The van der Waals surface area contributed by atoms with E-state index in [2.05, 4.69) is 15.0 Å². The van der Waals surface area contributed by atoms with E-state index < -0.39 is 0 Å². The Hall–Kier alpha value is -1.73. The molecule has 0 radical (unpaired) electrons. The van der Waals surface area contributed by atoms with Crippen molar-refractivity contribution in [2.45, 2.75) is 24.7 Å². The van der Waals surface area contributed by atoms with Gasteiger partial charge < -0.3 is 15.2 Å². The Morgan fingerprint density at radius 2 is 2.42 bits per heavy atom. The molecule has 7 heteroatoms. The first-order valence-corrected chi connectivity index (χ1v) is 6.33. The number of methoxy groups -OCH3 is 1. The third-order valence-electron chi connectivity index (χ3n) is 4.12. The Bertz CT molecular complexity index is 642. The molecular weight excluding hydrogens is 246 g/mol. The van der Waals surface area contributed by atoms with E-state index in [-0.39, 0.29) is 11.8 Å². The van der Waals surface area contributed by atoms with Crippen molar-refractivity contribution in [2.24, 2.45) is 5.92 Å². The molecule has 7 nitrogen and oxygen atoms in total. The van der Waals surface area contributed by atoms with Crippen molar-refractivity contribution in [3.05, 3.63) is 12.7 Å². The Morgan fingerprint density at radius 3 is 3.26 bits per heavy atom. The monoisotopic (exact) mass is 261 g/mol. The van der Waals surface area contributed by atoms with Crippen molar-refractivity contribution in [3.8, 4) is 0 Å². The summed E-state index contributed by atoms with van der Waals surface area (Å²) in [6, 6.07) is 0. The molecule has 0 aromatic carbocycles. The summed E-state index contributed by atoms with van der Waals surface area (Å²) >= 11 is 0. The first kappa shape index (κ1) is 11.1. The molecule has 2 fully saturated rings. The Balaban J connectivity index is 1.68. The highest BCUT2D eigenvalue weighted by atomic mass is 16.6. The summed E-state index contributed by atoms with van der Waals surface area (Å²) < 4.78 is 13.3. The number of hydrogen-bond donors (Lipinski definition) is 1. The lowest BCUT2D eigenvalue weighted by atomic mass is 10.2. The molecule has 19 heavy (non-hydrogen) atoms. The lowest BCUT2D eigenvalue weighted by Gasteiger charge is -2.19. The molecule has 1 aliphatic carbocycles. The Kier molecular flexibility index (Phi) is 2.13. The summed E-state index contributed by atoms with van der Waals surface area (Å²) in [6.45, 7) is 0.651. The van der Waals surface area contributed by atoms with Gasteiger partial charge in [0, 0.05) is 7.11 Å². The van der Waals surface area contributed by atoms with Crippen LogP contribution in [0.4, 0.5) is 5.82 Å². The highest BCUT2D eigenvalue weighted by molar-refractivity contribution is 5.81. The van der Waals surface area contributed by atoms with Crippen LogP contribution in [-0.4, -0.2) is 38.8 Å². The van der Waals surface area contributed by atoms with Gasteiger partial charge in [0.05, 0.1) is 18.5 Å². The van der Waals surface area contributed by atoms with Crippen molar-refractivity contribution >= 4 is 17.0 Å². The van der Waals surface area contributed by atoms with Gasteiger partial charge in [-0.15, -0.1) is 0 Å². The quantitative estimate of drug-likeness (QED) is 0.876. The molecule has 2 aromatic rings. The van der Waals surface area contributed by atoms with Gasteiger partial charge in [-0.2, -0.15) is 0 Å². The van der Waals surface area contributed by atoms with Crippen LogP contribution in [0.3, 0.4) is 0 Å². The van der Waals surface area contributed by atoms with Crippen molar-refractivity contribution < 1.29 is 9.47 Å². The van der Waals surface area contributed by atoms with E-state index in [1.54, 1.807) is 13.4 Å². The molecule has 0 bridgehead atoms. The third kappa shape index (κ3) is 1.48. The van der Waals surface area contributed by atoms with Gasteiger partial charge in [0.25, 0.3) is 0 Å². The molecule has 2 aromatic heterocycles. The number of anilines is 1. The highest BCUT2D eigenvalue weighted by Gasteiger charge is 2.62. The highest BCUT2D eigenvalue weighted by Crippen LogP contribution is 2.59. The predicted octanol–water partition coefficient (Wildman–Crippen LogP) is 0.732. The van der Waals surface area contributed by atoms with Crippen LogP contribution in [0, 0.1) is 5.92 Å². The largest absolute Gasteiger partial charge is 0.382 e. The molecule has 3 heterocycles. The maximum absolute atomic E-state index is 6.15. The molecule has 4 rings (SSSR count). The topological polar surface area (TPSA) is 88.1 Å². The molecule has 1 saturated heterocycles. The molecule has 1 saturated carbocycles. The number of imidazole rings is 1. The van der Waals surface area contributed by atoms with E-state index in [9.17, 15) is 0 Å². The fraction of sp³-hybridized carbons (Fsp3) is 0.583. The summed E-state index contributed by atoms with van der Waals surface area (Å²) in [6.07, 6.45) is 5.20. The molecule has 2 aliphatic rings. The normalized spacial score (nSPS) is 32.7. The van der Waals surface area contributed by atoms with Gasteiger partial charge in [-0.05, 0) is 18.8 Å². The number of fused-ring (bicyclic) bond motifs is 2. The molecule has 2 N–H and O–H groups in total. The molecule has 0 amide bonds. The number of rotatable bonds is 3. The molecule has 100 valence electrons. The van der Waals surface area contributed by atoms with Crippen LogP contribution in [0.5, 0.6) is 0 Å². The van der Waals surface area contributed by atoms with Crippen LogP contribution in [0.15, 0.2) is 12.7 Å². The average molecular weight is 261 g/mol. The predicted molar refractivity (Wildman–Crippen MR) is 67.2 cm³/mol. The second-order valence-electron chi connectivity index (χ2n) is 5.29. The van der Waals surface area contributed by atoms with Crippen LogP contribution >= 0.6 is 0 Å². The summed E-state index contributed by atoms with van der Waals surface area (Å²) in [4.78, 5) is 12.5. The van der Waals surface area contributed by atoms with Crippen LogP contribution in [-0.2, 0) is 9.47 Å². The van der Waals surface area contributed by atoms with E-state index in [1.165, 1.54) is 6.33 Å². The number of nitrogens with zero attached hydrogens (tertiary/aromatic N) is 4. The zero-order chi connectivity index (χ0) is 13.0. The van der Waals surface area contributed by atoms with Gasteiger partial charge >= 0.3 is 0 Å². The van der Waals surface area contributed by atoms with E-state index in [4.69, 9.17) is 15.2 Å². The van der Waals surface area contributed by atoms with Crippen LogP contribution in [0.2, 0.25) is 0 Å². The number of nitrogen functional groups attached to an aromatic ring is 1. The lowest BCUT2D eigenvalue weighted by Crippen LogP contribution is -2.21.